The van der Waals surface area contributed by atoms with Gasteiger partial charge < -0.3 is 19.3 Å². The zero-order valence-corrected chi connectivity index (χ0v) is 18.8. The molecule has 168 valence electrons. The fourth-order valence-electron chi connectivity index (χ4n) is 6.80. The summed E-state index contributed by atoms with van der Waals surface area (Å²) in [6.07, 6.45) is 3.43. The Labute approximate surface area is 182 Å². The average molecular weight is 449 g/mol. The Morgan fingerprint density at radius 3 is 2.84 bits per heavy atom. The summed E-state index contributed by atoms with van der Waals surface area (Å²) in [5.41, 5.74) is 2.63. The molecule has 4 aliphatic rings. The quantitative estimate of drug-likeness (QED) is 0.530. The number of methoxy groups -OCH3 is 1. The minimum Gasteiger partial charge on any atom is -0.466 e. The Morgan fingerprint density at radius 2 is 2.16 bits per heavy atom. The van der Waals surface area contributed by atoms with E-state index >= 15 is 0 Å². The standard InChI is InChI=1S/C22H28N2O6S/c1-4-21-10-13(25)12-24-8-7-22(20(21)24)16-6-5-14(30-31(3,27)28)9-17(16)23-18(22)15(11-21)19(26)29-2/h5-6,9,13,20,23,25H,4,7-8,10-12H2,1-3H3/t13-,20-,21-,22-/m0/s1. The second-order valence-electron chi connectivity index (χ2n) is 9.33. The Balaban J connectivity index is 1.73. The summed E-state index contributed by atoms with van der Waals surface area (Å²) in [5.74, 6) is -0.119. The average Bonchev–Trinajstić information content (AvgIpc) is 3.24. The number of aliphatic hydroxyl groups excluding tert-OH is 1. The van der Waals surface area contributed by atoms with Gasteiger partial charge in [0.1, 0.15) is 5.75 Å². The number of benzene rings is 1. The van der Waals surface area contributed by atoms with Crippen molar-refractivity contribution >= 4 is 21.8 Å². The number of hydrogen-bond acceptors (Lipinski definition) is 8. The van der Waals surface area contributed by atoms with Gasteiger partial charge in [0.05, 0.1) is 30.5 Å². The van der Waals surface area contributed by atoms with E-state index in [0.717, 1.165) is 42.6 Å². The number of carbonyl (C=O) groups is 1. The predicted octanol–water partition coefficient (Wildman–Crippen LogP) is 1.75. The largest absolute Gasteiger partial charge is 0.466 e. The predicted molar refractivity (Wildman–Crippen MR) is 114 cm³/mol. The highest BCUT2D eigenvalue weighted by atomic mass is 32.2. The van der Waals surface area contributed by atoms with E-state index in [1.807, 2.05) is 6.07 Å². The van der Waals surface area contributed by atoms with E-state index in [1.54, 1.807) is 12.1 Å². The van der Waals surface area contributed by atoms with Crippen LogP contribution in [0, 0.1) is 5.41 Å². The number of aliphatic hydroxyl groups is 1. The summed E-state index contributed by atoms with van der Waals surface area (Å²) in [5, 5.41) is 14.1. The molecule has 0 saturated carbocycles. The van der Waals surface area contributed by atoms with Crippen molar-refractivity contribution in [3.05, 3.63) is 35.0 Å². The maximum atomic E-state index is 12.9. The first-order chi connectivity index (χ1) is 14.6. The Bertz CT molecular complexity index is 1100. The van der Waals surface area contributed by atoms with Gasteiger partial charge in [0.25, 0.3) is 0 Å². The minimum absolute atomic E-state index is 0.146. The minimum atomic E-state index is -3.65. The van der Waals surface area contributed by atoms with Gasteiger partial charge in [-0.3, -0.25) is 4.90 Å². The SMILES string of the molecule is CC[C@@]12CC(C(=O)OC)=C3Nc4cc(OS(C)(=O)=O)ccc4[C@@]34CCN(C[C@@H](O)C1)[C@@H]24. The van der Waals surface area contributed by atoms with Crippen molar-refractivity contribution in [3.63, 3.8) is 0 Å². The lowest BCUT2D eigenvalue weighted by Gasteiger charge is -2.56. The van der Waals surface area contributed by atoms with Crippen LogP contribution in [0.15, 0.2) is 29.5 Å². The van der Waals surface area contributed by atoms with Gasteiger partial charge >= 0.3 is 16.1 Å². The molecule has 2 fully saturated rings. The fraction of sp³-hybridized carbons (Fsp3) is 0.591. The number of rotatable bonds is 4. The number of hydrogen-bond donors (Lipinski definition) is 2. The molecule has 31 heavy (non-hydrogen) atoms. The first-order valence-electron chi connectivity index (χ1n) is 10.7. The molecule has 0 aromatic heterocycles. The Kier molecular flexibility index (Phi) is 4.49. The number of fused-ring (bicyclic) bond motifs is 1. The highest BCUT2D eigenvalue weighted by Crippen LogP contribution is 2.65. The Hall–Kier alpha value is -2.10. The van der Waals surface area contributed by atoms with E-state index in [4.69, 9.17) is 8.92 Å². The number of esters is 1. The molecule has 1 aromatic rings. The van der Waals surface area contributed by atoms with Crippen molar-refractivity contribution in [3.8, 4) is 5.75 Å². The van der Waals surface area contributed by atoms with E-state index in [1.165, 1.54) is 7.11 Å². The second kappa shape index (κ2) is 6.70. The molecule has 2 saturated heterocycles. The van der Waals surface area contributed by atoms with Crippen LogP contribution in [0.25, 0.3) is 0 Å². The van der Waals surface area contributed by atoms with Crippen molar-refractivity contribution < 1.29 is 27.2 Å². The van der Waals surface area contributed by atoms with Crippen molar-refractivity contribution in [1.82, 2.24) is 4.90 Å². The molecule has 3 heterocycles. The lowest BCUT2D eigenvalue weighted by atomic mass is 9.53. The van der Waals surface area contributed by atoms with Crippen LogP contribution in [-0.2, 0) is 25.1 Å². The molecule has 5 rings (SSSR count). The maximum Gasteiger partial charge on any atom is 0.335 e. The summed E-state index contributed by atoms with van der Waals surface area (Å²) < 4.78 is 33.5. The van der Waals surface area contributed by atoms with Crippen molar-refractivity contribution in [2.75, 3.05) is 31.8 Å². The van der Waals surface area contributed by atoms with Gasteiger partial charge in [0, 0.05) is 30.0 Å². The lowest BCUT2D eigenvalue weighted by Crippen LogP contribution is -2.62. The van der Waals surface area contributed by atoms with Gasteiger partial charge in [0.15, 0.2) is 0 Å². The summed E-state index contributed by atoms with van der Waals surface area (Å²) in [6.45, 7) is 3.58. The summed E-state index contributed by atoms with van der Waals surface area (Å²) in [4.78, 5) is 15.3. The fourth-order valence-corrected chi connectivity index (χ4v) is 7.25. The molecular formula is C22H28N2O6S. The third-order valence-electron chi connectivity index (χ3n) is 7.68. The maximum absolute atomic E-state index is 12.9. The van der Waals surface area contributed by atoms with Crippen LogP contribution >= 0.6 is 0 Å². The van der Waals surface area contributed by atoms with Crippen LogP contribution in [0.2, 0.25) is 0 Å². The molecule has 9 heteroatoms. The highest BCUT2D eigenvalue weighted by Gasteiger charge is 2.67. The molecular weight excluding hydrogens is 420 g/mol. The number of piperidine rings is 1. The Morgan fingerprint density at radius 1 is 1.39 bits per heavy atom. The van der Waals surface area contributed by atoms with E-state index in [9.17, 15) is 18.3 Å². The topological polar surface area (TPSA) is 105 Å². The zero-order chi connectivity index (χ0) is 22.2. The first kappa shape index (κ1) is 20.8. The molecule has 1 aromatic carbocycles. The van der Waals surface area contributed by atoms with Crippen molar-refractivity contribution in [2.24, 2.45) is 5.41 Å². The van der Waals surface area contributed by atoms with Crippen LogP contribution in [0.3, 0.4) is 0 Å². The first-order valence-corrected chi connectivity index (χ1v) is 12.5. The van der Waals surface area contributed by atoms with E-state index in [-0.39, 0.29) is 23.2 Å². The van der Waals surface area contributed by atoms with Gasteiger partial charge in [-0.1, -0.05) is 13.0 Å². The van der Waals surface area contributed by atoms with Gasteiger partial charge in [-0.25, -0.2) is 4.79 Å². The summed E-state index contributed by atoms with van der Waals surface area (Å²) >= 11 is 0. The highest BCUT2D eigenvalue weighted by molar-refractivity contribution is 7.86. The lowest BCUT2D eigenvalue weighted by molar-refractivity contribution is -0.138. The number of anilines is 1. The van der Waals surface area contributed by atoms with E-state index in [0.29, 0.717) is 25.0 Å². The molecule has 0 radical (unpaired) electrons. The molecule has 4 atom stereocenters. The number of carbonyl (C=O) groups excluding carboxylic acids is 1. The van der Waals surface area contributed by atoms with Crippen LogP contribution in [0.5, 0.6) is 5.75 Å². The smallest absolute Gasteiger partial charge is 0.335 e. The normalized spacial score (nSPS) is 33.9. The van der Waals surface area contributed by atoms with Crippen LogP contribution in [0.4, 0.5) is 5.69 Å². The number of nitrogens with one attached hydrogen (secondary N) is 1. The molecule has 8 nitrogen and oxygen atoms in total. The van der Waals surface area contributed by atoms with Crippen LogP contribution in [0.1, 0.15) is 38.2 Å². The molecule has 0 unspecified atom stereocenters. The van der Waals surface area contributed by atoms with Gasteiger partial charge in [-0.05, 0) is 49.3 Å². The summed E-state index contributed by atoms with van der Waals surface area (Å²) in [7, 11) is -2.26. The van der Waals surface area contributed by atoms with Gasteiger partial charge in [-0.2, -0.15) is 8.42 Å². The molecule has 0 amide bonds. The van der Waals surface area contributed by atoms with E-state index < -0.39 is 21.6 Å². The van der Waals surface area contributed by atoms with Gasteiger partial charge in [0.2, 0.25) is 0 Å². The van der Waals surface area contributed by atoms with E-state index in [2.05, 4.69) is 17.1 Å². The monoisotopic (exact) mass is 448 g/mol. The van der Waals surface area contributed by atoms with Crippen LogP contribution in [-0.4, -0.2) is 63.0 Å². The number of ether oxygens (including phenoxy) is 1. The molecule has 0 bridgehead atoms. The number of nitrogens with zero attached hydrogens (tertiary/aromatic N) is 1. The third-order valence-corrected chi connectivity index (χ3v) is 8.18. The van der Waals surface area contributed by atoms with Gasteiger partial charge in [-0.15, -0.1) is 0 Å². The molecule has 1 spiro atoms. The molecule has 3 aliphatic heterocycles. The zero-order valence-electron chi connectivity index (χ0n) is 18.0. The third kappa shape index (κ3) is 2.86. The van der Waals surface area contributed by atoms with Crippen molar-refractivity contribution in [1.29, 1.82) is 0 Å². The molecule has 2 N–H and O–H groups in total. The second-order valence-corrected chi connectivity index (χ2v) is 10.9. The molecule has 1 aliphatic carbocycles. The van der Waals surface area contributed by atoms with Crippen LogP contribution < -0.4 is 9.50 Å². The summed E-state index contributed by atoms with van der Waals surface area (Å²) in [6, 6.07) is 5.44. The van der Waals surface area contributed by atoms with Crippen molar-refractivity contribution in [2.45, 2.75) is 50.2 Å².